The van der Waals surface area contributed by atoms with Crippen molar-refractivity contribution >= 4 is 130 Å². The number of hydrogen-bond donors (Lipinski definition) is 30. The summed E-state index contributed by atoms with van der Waals surface area (Å²) in [5.74, 6) is -29.5. The molecule has 0 saturated heterocycles. The summed E-state index contributed by atoms with van der Waals surface area (Å²) in [6, 6.07) is -15.6. The van der Waals surface area contributed by atoms with Crippen molar-refractivity contribution in [2.45, 2.75) is 294 Å². The molecule has 0 radical (unpaired) electrons. The van der Waals surface area contributed by atoms with Crippen LogP contribution in [0.4, 0.5) is 0 Å². The number of phenolic OH excluding ortho intramolecular Hbond substituents is 2. The quantitative estimate of drug-likeness (QED) is 0.0274. The zero-order chi connectivity index (χ0) is 107. The first-order valence-corrected chi connectivity index (χ1v) is 45.3. The summed E-state index contributed by atoms with van der Waals surface area (Å²) in [6.45, 7) is 13.3. The zero-order valence-electron chi connectivity index (χ0n) is 80.3. The van der Waals surface area contributed by atoms with Gasteiger partial charge in [-0.05, 0) is 166 Å². The molecule has 0 bridgehead atoms. The standard InChI is InChI=1S/C88H139N21O31/c1-13-43(5)67(81(134)94-45(7)70(123)97-57(36-62(92)115)76(129)96-54(84(137)138)20-16-18-32-90)106-73(126)52(19-15-17-31-89)95-77(130)58(37-65(119)120)99-74(127)55(33-42(3)4)104-86(140)88(11,12)109-83(136)68(44(6)14-2)107-80(133)61(41-111)101-75(128)56(35-48-23-27-50(114)28-24-48)98-78(131)59(38-66(121)122)100-79(132)60(40-110)102-82(135)69(46(8)112)105-63(116)39-93-72(125)53(29-30-64(117)118)103-85(139)87(9,10)108-71(124)51(91)34-47-21-25-49(113)26-22-47/h21-28,42-46,51-61,67-69,110-114H,13-20,29-41,89-91H2,1-12H3,(H2,92,115)(H,93,125)(H,94,134)(H,95,130)(H,96,129)(H,97,123)(H,98,131)(H,99,127)(H,100,132)(H,101,128)(H,102,135)(H,103,139)(H,104,140)(H,105,116)(H,106,126)(H,107,133)(H,108,124)(H,109,136)(H,117,118)(H,119,120)(H,121,122)(H,137,138)/t43-,44-,45-,46+,51-,52-,53-,54-,55-,56-,57-,58-,59-,60-,61-,67-,68-,69-/m0/s1. The van der Waals surface area contributed by atoms with Crippen LogP contribution in [0.3, 0.4) is 0 Å². The summed E-state index contributed by atoms with van der Waals surface area (Å²) in [5.41, 5.74) is 19.5. The number of aromatic hydroxyl groups is 2. The maximum Gasteiger partial charge on any atom is 0.326 e. The topological polar surface area (TPSA) is 866 Å². The SMILES string of the molecule is CC[C@H](C)[C@H](NC(=O)[C@H](CCCCN)NC(=O)[C@H](CC(=O)O)NC(=O)[C@H](CC(C)C)NC(=O)C(C)(C)NC(=O)[C@@H](NC(=O)[C@H](CO)NC(=O)[C@H](Cc1ccc(O)cc1)NC(=O)[C@H](CC(=O)O)NC(=O)[C@H](CO)NC(=O)[C@@H](NC(=O)CNC(=O)[C@H](CCC(=O)O)NC(=O)C(C)(C)NC(=O)[C@@H](N)Cc1ccc(O)cc1)[C@@H](C)O)[C@@H](C)CC)C(=O)N[C@@H](C)C(=O)N[C@@H](CC(N)=O)C(=O)N[C@@H](CCCCN)C(=O)O. The lowest BCUT2D eigenvalue weighted by Crippen LogP contribution is -2.64. The van der Waals surface area contributed by atoms with Crippen molar-refractivity contribution in [3.8, 4) is 11.5 Å². The predicted molar refractivity (Wildman–Crippen MR) is 495 cm³/mol. The van der Waals surface area contributed by atoms with E-state index in [-0.39, 0.29) is 81.5 Å². The molecule has 18 amide bonds. The van der Waals surface area contributed by atoms with Crippen LogP contribution < -0.4 is 113 Å². The van der Waals surface area contributed by atoms with Crippen molar-refractivity contribution in [2.24, 2.45) is 40.7 Å². The molecule has 52 nitrogen and oxygen atoms in total. The monoisotopic (exact) mass is 1990 g/mol. The van der Waals surface area contributed by atoms with Crippen molar-refractivity contribution in [1.82, 2.24) is 90.4 Å². The number of carboxylic acids is 4. The minimum absolute atomic E-state index is 0.0278. The first-order chi connectivity index (χ1) is 65.4. The molecule has 0 aromatic heterocycles. The Kier molecular flexibility index (Phi) is 52.5. The Morgan fingerprint density at radius 2 is 0.736 bits per heavy atom. The van der Waals surface area contributed by atoms with Gasteiger partial charge in [0.05, 0.1) is 51.2 Å². The molecule has 0 heterocycles. The molecule has 0 spiro atoms. The number of aliphatic hydroxyl groups is 3. The van der Waals surface area contributed by atoms with E-state index in [9.17, 15) is 151 Å². The van der Waals surface area contributed by atoms with Gasteiger partial charge in [-0.3, -0.25) is 101 Å². The van der Waals surface area contributed by atoms with Gasteiger partial charge in [0.2, 0.25) is 106 Å². The molecule has 34 N–H and O–H groups in total. The number of nitrogens with two attached hydrogens (primary N) is 4. The zero-order valence-corrected chi connectivity index (χ0v) is 80.3. The molecule has 2 rings (SSSR count). The lowest BCUT2D eigenvalue weighted by Gasteiger charge is -2.32. The van der Waals surface area contributed by atoms with Crippen LogP contribution in [0.1, 0.15) is 184 Å². The van der Waals surface area contributed by atoms with E-state index in [2.05, 4.69) is 79.8 Å². The Labute approximate surface area is 807 Å². The Hall–Kier alpha value is -13.9. The Bertz CT molecular complexity index is 4620. The number of unbranched alkanes of at least 4 members (excludes halogenated alkanes) is 2. The maximum absolute atomic E-state index is 14.5. The van der Waals surface area contributed by atoms with E-state index in [1.54, 1.807) is 34.6 Å². The molecule has 0 aliphatic carbocycles. The number of carbonyl (C=O) groups is 22. The minimum atomic E-state index is -2.23. The second-order valence-corrected chi connectivity index (χ2v) is 35.3. The van der Waals surface area contributed by atoms with Crippen LogP contribution in [0.2, 0.25) is 0 Å². The third-order valence-corrected chi connectivity index (χ3v) is 22.0. The first kappa shape index (κ1) is 122. The molecule has 2 aromatic carbocycles. The number of amides is 18. The van der Waals surface area contributed by atoms with E-state index in [1.165, 1.54) is 90.1 Å². The fourth-order valence-electron chi connectivity index (χ4n) is 13.3. The molecule has 782 valence electrons. The van der Waals surface area contributed by atoms with E-state index in [0.717, 1.165) is 6.92 Å². The van der Waals surface area contributed by atoms with Crippen LogP contribution in [0.5, 0.6) is 11.5 Å². The normalized spacial score (nSPS) is 15.2. The number of phenols is 2. The number of aliphatic hydroxyl groups excluding tert-OH is 3. The number of carboxylic acid groups (broad SMARTS) is 4. The van der Waals surface area contributed by atoms with Gasteiger partial charge in [-0.25, -0.2) is 4.79 Å². The average molecular weight is 1990 g/mol. The van der Waals surface area contributed by atoms with Crippen molar-refractivity contribution < 1.29 is 151 Å². The van der Waals surface area contributed by atoms with Crippen molar-refractivity contribution in [3.05, 3.63) is 59.7 Å². The molecule has 2 aromatic rings. The highest BCUT2D eigenvalue weighted by atomic mass is 16.4. The van der Waals surface area contributed by atoms with Crippen LogP contribution in [-0.2, 0) is 118 Å². The molecule has 0 saturated carbocycles. The van der Waals surface area contributed by atoms with E-state index < -0.39 is 314 Å². The summed E-state index contributed by atoms with van der Waals surface area (Å²) >= 11 is 0. The van der Waals surface area contributed by atoms with Gasteiger partial charge in [0.25, 0.3) is 0 Å². The maximum atomic E-state index is 14.5. The summed E-state index contributed by atoms with van der Waals surface area (Å²) in [6.07, 6.45) is -5.95. The van der Waals surface area contributed by atoms with Crippen LogP contribution in [-0.4, -0.2) is 317 Å². The number of primary amides is 1. The fourth-order valence-corrected chi connectivity index (χ4v) is 13.3. The van der Waals surface area contributed by atoms with Crippen LogP contribution in [0, 0.1) is 17.8 Å². The van der Waals surface area contributed by atoms with Crippen molar-refractivity contribution in [1.29, 1.82) is 0 Å². The van der Waals surface area contributed by atoms with Gasteiger partial charge >= 0.3 is 23.9 Å². The summed E-state index contributed by atoms with van der Waals surface area (Å²) < 4.78 is 0. The number of nitrogens with one attached hydrogen (secondary N) is 17. The summed E-state index contributed by atoms with van der Waals surface area (Å²) in [4.78, 5) is 298. The van der Waals surface area contributed by atoms with Gasteiger partial charge in [-0.15, -0.1) is 0 Å². The van der Waals surface area contributed by atoms with Crippen LogP contribution in [0.25, 0.3) is 0 Å². The van der Waals surface area contributed by atoms with Gasteiger partial charge in [-0.2, -0.15) is 0 Å². The molecular formula is C88H139N21O31. The van der Waals surface area contributed by atoms with E-state index >= 15 is 0 Å². The van der Waals surface area contributed by atoms with Gasteiger partial charge in [0.1, 0.15) is 107 Å². The second-order valence-electron chi connectivity index (χ2n) is 35.3. The van der Waals surface area contributed by atoms with Crippen LogP contribution >= 0.6 is 0 Å². The predicted octanol–water partition coefficient (Wildman–Crippen LogP) is -8.54. The van der Waals surface area contributed by atoms with E-state index in [4.69, 9.17) is 22.9 Å². The minimum Gasteiger partial charge on any atom is -0.508 e. The lowest BCUT2D eigenvalue weighted by atomic mass is 9.95. The Morgan fingerprint density at radius 1 is 0.371 bits per heavy atom. The fraction of sp³-hybridized carbons (Fsp3) is 0.614. The molecule has 140 heavy (non-hydrogen) atoms. The third kappa shape index (κ3) is 43.5. The number of hydrogen-bond acceptors (Lipinski definition) is 30. The molecule has 52 heteroatoms. The highest BCUT2D eigenvalue weighted by molar-refractivity contribution is 6.03. The molecule has 18 atom stereocenters. The highest BCUT2D eigenvalue weighted by Gasteiger charge is 2.43. The van der Waals surface area contributed by atoms with Gasteiger partial charge in [0.15, 0.2) is 0 Å². The van der Waals surface area contributed by atoms with Crippen LogP contribution in [0.15, 0.2) is 48.5 Å². The molecule has 0 aliphatic heterocycles. The highest BCUT2D eigenvalue weighted by Crippen LogP contribution is 2.20. The average Bonchev–Trinajstić information content (AvgIpc) is 0.810. The Balaban J connectivity index is 2.41. The van der Waals surface area contributed by atoms with Gasteiger partial charge in [-0.1, -0.05) is 78.6 Å². The van der Waals surface area contributed by atoms with E-state index in [1.807, 2.05) is 10.6 Å². The summed E-state index contributed by atoms with van der Waals surface area (Å²) in [7, 11) is 0. The van der Waals surface area contributed by atoms with Crippen molar-refractivity contribution in [2.75, 3.05) is 32.8 Å². The Morgan fingerprint density at radius 3 is 1.17 bits per heavy atom. The lowest BCUT2D eigenvalue weighted by molar-refractivity contribution is -0.143. The molecule has 0 aliphatic rings. The van der Waals surface area contributed by atoms with Gasteiger partial charge in [0, 0.05) is 12.8 Å². The molecule has 0 fully saturated rings. The first-order valence-electron chi connectivity index (χ1n) is 45.3. The smallest absolute Gasteiger partial charge is 0.326 e. The van der Waals surface area contributed by atoms with E-state index in [0.29, 0.717) is 18.4 Å². The third-order valence-electron chi connectivity index (χ3n) is 22.0. The molecular weight excluding hydrogens is 1850 g/mol. The number of rotatable bonds is 65. The second kappa shape index (κ2) is 60.1. The van der Waals surface area contributed by atoms with Gasteiger partial charge < -0.3 is 159 Å². The largest absolute Gasteiger partial charge is 0.508 e. The summed E-state index contributed by atoms with van der Waals surface area (Å²) in [5, 5.41) is 130. The molecule has 0 unspecified atom stereocenters. The van der Waals surface area contributed by atoms with Crippen molar-refractivity contribution in [3.63, 3.8) is 0 Å². The number of benzene rings is 2. The number of carbonyl (C=O) groups excluding carboxylic acids is 18. The number of aliphatic carboxylic acids is 4.